The minimum absolute atomic E-state index is 0.284. The van der Waals surface area contributed by atoms with Crippen molar-refractivity contribution < 1.29 is 19.1 Å². The summed E-state index contributed by atoms with van der Waals surface area (Å²) in [6.45, 7) is 2.15. The van der Waals surface area contributed by atoms with E-state index in [9.17, 15) is 14.4 Å². The lowest BCUT2D eigenvalue weighted by molar-refractivity contribution is -0.136. The molecule has 1 aliphatic rings. The first kappa shape index (κ1) is 14.1. The maximum atomic E-state index is 12.2. The smallest absolute Gasteiger partial charge is 0.341 e. The number of amides is 3. The Kier molecular flexibility index (Phi) is 3.54. The predicted molar refractivity (Wildman–Crippen MR) is 78.3 cm³/mol. The molecule has 1 aromatic heterocycles. The van der Waals surface area contributed by atoms with Crippen LogP contribution in [0.3, 0.4) is 0 Å². The zero-order valence-electron chi connectivity index (χ0n) is 12.0. The molecule has 1 atom stereocenters. The monoisotopic (exact) mass is 301 g/mol. The van der Waals surface area contributed by atoms with Crippen LogP contribution in [0.5, 0.6) is 0 Å². The first-order valence-corrected chi connectivity index (χ1v) is 6.94. The van der Waals surface area contributed by atoms with Crippen LogP contribution in [-0.4, -0.2) is 47.0 Å². The third kappa shape index (κ3) is 2.41. The van der Waals surface area contributed by atoms with Gasteiger partial charge in [0.2, 0.25) is 0 Å². The van der Waals surface area contributed by atoms with Crippen LogP contribution in [0.2, 0.25) is 0 Å². The molecule has 0 spiro atoms. The lowest BCUT2D eigenvalue weighted by atomic mass is 10.2. The summed E-state index contributed by atoms with van der Waals surface area (Å²) >= 11 is 0. The third-order valence-electron chi connectivity index (χ3n) is 3.56. The number of H-pyrrole nitrogens is 1. The van der Waals surface area contributed by atoms with Gasteiger partial charge in [0, 0.05) is 30.2 Å². The number of aromatic nitrogens is 1. The average Bonchev–Trinajstić information content (AvgIpc) is 3.12. The van der Waals surface area contributed by atoms with Gasteiger partial charge < -0.3 is 15.0 Å². The molecule has 0 saturated carbocycles. The molecule has 2 heterocycles. The maximum Gasteiger partial charge on any atom is 0.341 e. The van der Waals surface area contributed by atoms with Crippen molar-refractivity contribution in [3.63, 3.8) is 0 Å². The topological polar surface area (TPSA) is 91.5 Å². The minimum Gasteiger partial charge on any atom is -0.449 e. The molecule has 7 nitrogen and oxygen atoms in total. The summed E-state index contributed by atoms with van der Waals surface area (Å²) in [4.78, 5) is 39.8. The van der Waals surface area contributed by atoms with E-state index in [1.165, 1.54) is 6.92 Å². The molecule has 0 bridgehead atoms. The number of ether oxygens (including phenoxy) is 1. The molecule has 7 heteroatoms. The highest BCUT2D eigenvalue weighted by molar-refractivity contribution is 6.05. The van der Waals surface area contributed by atoms with Gasteiger partial charge in [-0.2, -0.15) is 0 Å². The van der Waals surface area contributed by atoms with Crippen LogP contribution >= 0.6 is 0 Å². The fraction of sp³-hybridized carbons (Fsp3) is 0.267. The van der Waals surface area contributed by atoms with Gasteiger partial charge in [0.05, 0.1) is 5.56 Å². The Bertz CT molecular complexity index is 752. The van der Waals surface area contributed by atoms with Gasteiger partial charge in [-0.25, -0.2) is 9.59 Å². The van der Waals surface area contributed by atoms with Crippen LogP contribution in [0.15, 0.2) is 30.5 Å². The van der Waals surface area contributed by atoms with Crippen molar-refractivity contribution in [3.05, 3.63) is 36.0 Å². The highest BCUT2D eigenvalue weighted by atomic mass is 16.5. The van der Waals surface area contributed by atoms with Crippen molar-refractivity contribution in [3.8, 4) is 0 Å². The largest absolute Gasteiger partial charge is 0.449 e. The molecule has 1 aliphatic heterocycles. The van der Waals surface area contributed by atoms with E-state index in [1.54, 1.807) is 12.3 Å². The van der Waals surface area contributed by atoms with Crippen LogP contribution < -0.4 is 5.32 Å². The summed E-state index contributed by atoms with van der Waals surface area (Å²) < 4.78 is 5.20. The summed E-state index contributed by atoms with van der Waals surface area (Å²) in [5.41, 5.74) is 1.17. The normalized spacial score (nSPS) is 15.7. The molecule has 1 fully saturated rings. The van der Waals surface area contributed by atoms with Crippen molar-refractivity contribution >= 4 is 28.8 Å². The van der Waals surface area contributed by atoms with E-state index in [-0.39, 0.29) is 6.54 Å². The number of imide groups is 1. The Balaban J connectivity index is 1.73. The summed E-state index contributed by atoms with van der Waals surface area (Å²) in [5.74, 6) is -1.12. The lowest BCUT2D eigenvalue weighted by Gasteiger charge is -2.17. The van der Waals surface area contributed by atoms with E-state index < -0.39 is 24.0 Å². The van der Waals surface area contributed by atoms with Gasteiger partial charge in [0.25, 0.3) is 5.91 Å². The van der Waals surface area contributed by atoms with Gasteiger partial charge in [0.15, 0.2) is 6.10 Å². The SMILES string of the molecule is C[C@H](OC(=O)c1c[nH]c2ccccc12)C(=O)N1CCNC1=O. The highest BCUT2D eigenvalue weighted by Gasteiger charge is 2.32. The molecule has 1 saturated heterocycles. The Hall–Kier alpha value is -2.83. The molecule has 22 heavy (non-hydrogen) atoms. The van der Waals surface area contributed by atoms with Crippen molar-refractivity contribution in [2.24, 2.45) is 0 Å². The standard InChI is InChI=1S/C15H15N3O4/c1-9(13(19)18-7-6-16-15(18)21)22-14(20)11-8-17-12-5-3-2-4-10(11)12/h2-5,8-9,17H,6-7H2,1H3,(H,16,21)/t9-/m0/s1. The number of aromatic amines is 1. The molecule has 3 amide bonds. The van der Waals surface area contributed by atoms with E-state index in [0.29, 0.717) is 12.1 Å². The fourth-order valence-corrected chi connectivity index (χ4v) is 2.42. The van der Waals surface area contributed by atoms with Crippen LogP contribution in [0.1, 0.15) is 17.3 Å². The number of urea groups is 1. The van der Waals surface area contributed by atoms with Gasteiger partial charge in [-0.15, -0.1) is 0 Å². The Morgan fingerprint density at radius 1 is 1.32 bits per heavy atom. The average molecular weight is 301 g/mol. The number of para-hydroxylation sites is 1. The van der Waals surface area contributed by atoms with E-state index in [2.05, 4.69) is 10.3 Å². The van der Waals surface area contributed by atoms with Crippen LogP contribution in [-0.2, 0) is 9.53 Å². The van der Waals surface area contributed by atoms with Gasteiger partial charge in [-0.3, -0.25) is 9.69 Å². The van der Waals surface area contributed by atoms with Gasteiger partial charge >= 0.3 is 12.0 Å². The molecule has 0 unspecified atom stereocenters. The Morgan fingerprint density at radius 2 is 2.09 bits per heavy atom. The zero-order chi connectivity index (χ0) is 15.7. The second kappa shape index (κ2) is 5.51. The number of hydrogen-bond donors (Lipinski definition) is 2. The van der Waals surface area contributed by atoms with Crippen LogP contribution in [0.4, 0.5) is 4.79 Å². The summed E-state index contributed by atoms with van der Waals surface area (Å²) in [7, 11) is 0. The highest BCUT2D eigenvalue weighted by Crippen LogP contribution is 2.19. The number of carbonyl (C=O) groups is 3. The van der Waals surface area contributed by atoms with Crippen molar-refractivity contribution in [1.29, 1.82) is 0 Å². The zero-order valence-corrected chi connectivity index (χ0v) is 12.0. The second-order valence-corrected chi connectivity index (χ2v) is 5.02. The number of benzene rings is 1. The first-order valence-electron chi connectivity index (χ1n) is 6.94. The number of esters is 1. The molecule has 3 rings (SSSR count). The molecule has 114 valence electrons. The van der Waals surface area contributed by atoms with Crippen molar-refractivity contribution in [2.45, 2.75) is 13.0 Å². The van der Waals surface area contributed by atoms with E-state index >= 15 is 0 Å². The van der Waals surface area contributed by atoms with Gasteiger partial charge in [-0.05, 0) is 13.0 Å². The fourth-order valence-electron chi connectivity index (χ4n) is 2.42. The molecular formula is C15H15N3O4. The summed E-state index contributed by atoms with van der Waals surface area (Å²) in [6.07, 6.45) is 0.525. The van der Waals surface area contributed by atoms with Crippen molar-refractivity contribution in [2.75, 3.05) is 13.1 Å². The number of hydrogen-bond acceptors (Lipinski definition) is 4. The van der Waals surface area contributed by atoms with Crippen LogP contribution in [0.25, 0.3) is 10.9 Å². The molecule has 0 radical (unpaired) electrons. The predicted octanol–water partition coefficient (Wildman–Crippen LogP) is 1.26. The quantitative estimate of drug-likeness (QED) is 0.835. The summed E-state index contributed by atoms with van der Waals surface area (Å²) in [6, 6.07) is 6.85. The molecule has 2 aromatic rings. The number of rotatable bonds is 3. The van der Waals surface area contributed by atoms with E-state index in [4.69, 9.17) is 4.74 Å². The van der Waals surface area contributed by atoms with Gasteiger partial charge in [-0.1, -0.05) is 18.2 Å². The first-order chi connectivity index (χ1) is 10.6. The maximum absolute atomic E-state index is 12.2. The number of fused-ring (bicyclic) bond motifs is 1. The van der Waals surface area contributed by atoms with E-state index in [0.717, 1.165) is 15.8 Å². The molecular weight excluding hydrogens is 286 g/mol. The number of nitrogens with one attached hydrogen (secondary N) is 2. The molecule has 1 aromatic carbocycles. The molecule has 0 aliphatic carbocycles. The number of nitrogens with zero attached hydrogens (tertiary/aromatic N) is 1. The second-order valence-electron chi connectivity index (χ2n) is 5.02. The lowest BCUT2D eigenvalue weighted by Crippen LogP contribution is -2.41. The minimum atomic E-state index is -1.02. The van der Waals surface area contributed by atoms with Crippen molar-refractivity contribution in [1.82, 2.24) is 15.2 Å². The number of carbonyl (C=O) groups excluding carboxylic acids is 3. The van der Waals surface area contributed by atoms with E-state index in [1.807, 2.05) is 18.2 Å². The Morgan fingerprint density at radius 3 is 2.82 bits per heavy atom. The van der Waals surface area contributed by atoms with Crippen LogP contribution in [0, 0.1) is 0 Å². The Labute approximate surface area is 126 Å². The molecule has 2 N–H and O–H groups in total. The van der Waals surface area contributed by atoms with Gasteiger partial charge in [0.1, 0.15) is 0 Å². The summed E-state index contributed by atoms with van der Waals surface area (Å²) in [5, 5.41) is 3.26. The third-order valence-corrected chi connectivity index (χ3v) is 3.56.